The van der Waals surface area contributed by atoms with Crippen molar-refractivity contribution in [2.24, 2.45) is 0 Å². The Balaban J connectivity index is 1.92. The van der Waals surface area contributed by atoms with Crippen molar-refractivity contribution in [1.29, 1.82) is 0 Å². The molecule has 0 fully saturated rings. The third-order valence-corrected chi connectivity index (χ3v) is 4.50. The van der Waals surface area contributed by atoms with Crippen molar-refractivity contribution < 1.29 is 9.53 Å². The number of rotatable bonds is 4. The van der Waals surface area contributed by atoms with E-state index in [1.807, 2.05) is 30.3 Å². The van der Waals surface area contributed by atoms with E-state index in [9.17, 15) is 4.79 Å². The van der Waals surface area contributed by atoms with Gasteiger partial charge >= 0.3 is 5.97 Å². The normalized spacial score (nSPS) is 10.9. The number of aromatic nitrogens is 3. The molecule has 0 saturated carbocycles. The Morgan fingerprint density at radius 3 is 2.71 bits per heavy atom. The summed E-state index contributed by atoms with van der Waals surface area (Å²) in [6, 6.07) is 14.9. The van der Waals surface area contributed by atoms with Crippen LogP contribution in [-0.4, -0.2) is 27.8 Å². The standard InChI is InChI=1S/C21H19N5O2/c1-2-28-21(27)14-5-3-4-13(8-14)16-9-15(12-6-7-24-18(22)11-12)10-17-19(16)25-26-20(17)23/h3-11H,2H2,1H3,(H2,22,24)(H3,23,25,26). The number of nitrogens with zero attached hydrogens (tertiary/aromatic N) is 2. The first-order chi connectivity index (χ1) is 13.6. The second kappa shape index (κ2) is 7.03. The molecule has 0 aliphatic rings. The average molecular weight is 373 g/mol. The fourth-order valence-corrected chi connectivity index (χ4v) is 3.19. The average Bonchev–Trinajstić information content (AvgIpc) is 3.08. The quantitative estimate of drug-likeness (QED) is 0.470. The van der Waals surface area contributed by atoms with Crippen LogP contribution in [0.25, 0.3) is 33.2 Å². The number of nitrogens with one attached hydrogen (secondary N) is 1. The van der Waals surface area contributed by atoms with Gasteiger partial charge in [-0.15, -0.1) is 0 Å². The first-order valence-corrected chi connectivity index (χ1v) is 8.84. The molecule has 2 heterocycles. The van der Waals surface area contributed by atoms with Crippen molar-refractivity contribution in [1.82, 2.24) is 15.2 Å². The summed E-state index contributed by atoms with van der Waals surface area (Å²) in [5, 5.41) is 7.93. The van der Waals surface area contributed by atoms with Crippen molar-refractivity contribution in [2.75, 3.05) is 18.1 Å². The number of nitrogen functional groups attached to an aromatic ring is 2. The lowest BCUT2D eigenvalue weighted by Gasteiger charge is -2.10. The SMILES string of the molecule is CCOC(=O)c1cccc(-c2cc(-c3ccnc(N)c3)cc3c(N)n[nH]c23)c1. The van der Waals surface area contributed by atoms with Gasteiger partial charge < -0.3 is 16.2 Å². The Kier molecular flexibility index (Phi) is 4.41. The molecule has 0 aliphatic heterocycles. The molecule has 7 nitrogen and oxygen atoms in total. The Hall–Kier alpha value is -3.87. The number of anilines is 2. The molecular formula is C21H19N5O2. The smallest absolute Gasteiger partial charge is 0.338 e. The van der Waals surface area contributed by atoms with Gasteiger partial charge in [-0.1, -0.05) is 12.1 Å². The van der Waals surface area contributed by atoms with Gasteiger partial charge in [0.1, 0.15) is 5.82 Å². The summed E-state index contributed by atoms with van der Waals surface area (Å²) in [7, 11) is 0. The molecule has 4 aromatic rings. The molecule has 4 rings (SSSR count). The maximum Gasteiger partial charge on any atom is 0.338 e. The summed E-state index contributed by atoms with van der Waals surface area (Å²) in [6.07, 6.45) is 1.66. The van der Waals surface area contributed by atoms with E-state index >= 15 is 0 Å². The second-order valence-electron chi connectivity index (χ2n) is 6.33. The highest BCUT2D eigenvalue weighted by molar-refractivity contribution is 6.03. The van der Waals surface area contributed by atoms with Gasteiger partial charge in [0.2, 0.25) is 0 Å². The topological polar surface area (TPSA) is 120 Å². The minimum Gasteiger partial charge on any atom is -0.462 e. The Bertz CT molecular complexity index is 1180. The number of hydrogen-bond donors (Lipinski definition) is 3. The number of aromatic amines is 1. The number of esters is 1. The molecule has 0 radical (unpaired) electrons. The van der Waals surface area contributed by atoms with Gasteiger partial charge in [-0.25, -0.2) is 9.78 Å². The van der Waals surface area contributed by atoms with Crippen LogP contribution in [0.2, 0.25) is 0 Å². The minimum atomic E-state index is -0.359. The van der Waals surface area contributed by atoms with Crippen LogP contribution >= 0.6 is 0 Å². The van der Waals surface area contributed by atoms with Crippen LogP contribution in [0.4, 0.5) is 11.6 Å². The van der Waals surface area contributed by atoms with E-state index in [0.717, 1.165) is 33.2 Å². The maximum absolute atomic E-state index is 12.1. The van der Waals surface area contributed by atoms with E-state index in [4.69, 9.17) is 16.2 Å². The predicted molar refractivity (Wildman–Crippen MR) is 110 cm³/mol. The van der Waals surface area contributed by atoms with Crippen molar-refractivity contribution in [3.05, 3.63) is 60.3 Å². The van der Waals surface area contributed by atoms with Gasteiger partial charge in [0, 0.05) is 17.1 Å². The summed E-state index contributed by atoms with van der Waals surface area (Å²) >= 11 is 0. The van der Waals surface area contributed by atoms with Crippen LogP contribution in [0.1, 0.15) is 17.3 Å². The van der Waals surface area contributed by atoms with E-state index in [1.54, 1.807) is 31.3 Å². The molecule has 0 amide bonds. The van der Waals surface area contributed by atoms with Crippen LogP contribution in [0.5, 0.6) is 0 Å². The number of ether oxygens (including phenoxy) is 1. The number of nitrogens with two attached hydrogens (primary N) is 2. The molecule has 0 unspecified atom stereocenters. The number of fused-ring (bicyclic) bond motifs is 1. The monoisotopic (exact) mass is 373 g/mol. The molecule has 0 saturated heterocycles. The van der Waals surface area contributed by atoms with Gasteiger partial charge in [0.25, 0.3) is 0 Å². The van der Waals surface area contributed by atoms with E-state index in [2.05, 4.69) is 15.2 Å². The molecule has 2 aromatic carbocycles. The molecule has 0 spiro atoms. The number of carbonyl (C=O) groups excluding carboxylic acids is 1. The zero-order chi connectivity index (χ0) is 19.7. The van der Waals surface area contributed by atoms with Crippen molar-refractivity contribution in [2.45, 2.75) is 6.92 Å². The first kappa shape index (κ1) is 17.5. The van der Waals surface area contributed by atoms with E-state index in [0.29, 0.717) is 23.8 Å². The molecular weight excluding hydrogens is 354 g/mol. The van der Waals surface area contributed by atoms with E-state index < -0.39 is 0 Å². The molecule has 5 N–H and O–H groups in total. The van der Waals surface area contributed by atoms with Crippen LogP contribution in [0.3, 0.4) is 0 Å². The lowest BCUT2D eigenvalue weighted by atomic mass is 9.95. The largest absolute Gasteiger partial charge is 0.462 e. The second-order valence-corrected chi connectivity index (χ2v) is 6.33. The third kappa shape index (κ3) is 3.14. The number of benzene rings is 2. The van der Waals surface area contributed by atoms with Crippen molar-refractivity contribution >= 4 is 28.5 Å². The van der Waals surface area contributed by atoms with Gasteiger partial charge in [-0.05, 0) is 60.0 Å². The molecule has 0 aliphatic carbocycles. The maximum atomic E-state index is 12.1. The number of carbonyl (C=O) groups is 1. The zero-order valence-electron chi connectivity index (χ0n) is 15.3. The van der Waals surface area contributed by atoms with Crippen LogP contribution in [-0.2, 0) is 4.74 Å². The van der Waals surface area contributed by atoms with E-state index in [-0.39, 0.29) is 5.97 Å². The Morgan fingerprint density at radius 1 is 1.07 bits per heavy atom. The molecule has 2 aromatic heterocycles. The molecule has 7 heteroatoms. The van der Waals surface area contributed by atoms with Gasteiger partial charge in [-0.3, -0.25) is 5.10 Å². The zero-order valence-corrected chi connectivity index (χ0v) is 15.3. The number of H-pyrrole nitrogens is 1. The Morgan fingerprint density at radius 2 is 1.93 bits per heavy atom. The molecule has 28 heavy (non-hydrogen) atoms. The van der Waals surface area contributed by atoms with Crippen LogP contribution < -0.4 is 11.5 Å². The summed E-state index contributed by atoms with van der Waals surface area (Å²) in [4.78, 5) is 16.2. The lowest BCUT2D eigenvalue weighted by molar-refractivity contribution is 0.0526. The molecule has 140 valence electrons. The number of pyridine rings is 1. The first-order valence-electron chi connectivity index (χ1n) is 8.84. The van der Waals surface area contributed by atoms with E-state index in [1.165, 1.54) is 0 Å². The highest BCUT2D eigenvalue weighted by Gasteiger charge is 2.15. The fraction of sp³-hybridized carbons (Fsp3) is 0.0952. The third-order valence-electron chi connectivity index (χ3n) is 4.50. The highest BCUT2D eigenvalue weighted by atomic mass is 16.5. The summed E-state index contributed by atoms with van der Waals surface area (Å²) < 4.78 is 5.12. The van der Waals surface area contributed by atoms with Gasteiger partial charge in [0.15, 0.2) is 5.82 Å². The molecule has 0 bridgehead atoms. The Labute approximate surface area is 161 Å². The predicted octanol–water partition coefficient (Wildman–Crippen LogP) is 3.63. The summed E-state index contributed by atoms with van der Waals surface area (Å²) in [5.41, 5.74) is 16.7. The van der Waals surface area contributed by atoms with Gasteiger partial charge in [0.05, 0.1) is 17.7 Å². The fourth-order valence-electron chi connectivity index (χ4n) is 3.19. The van der Waals surface area contributed by atoms with Gasteiger partial charge in [-0.2, -0.15) is 5.10 Å². The van der Waals surface area contributed by atoms with Crippen LogP contribution in [0.15, 0.2) is 54.7 Å². The van der Waals surface area contributed by atoms with Crippen molar-refractivity contribution in [3.8, 4) is 22.3 Å². The highest BCUT2D eigenvalue weighted by Crippen LogP contribution is 2.35. The van der Waals surface area contributed by atoms with Crippen molar-refractivity contribution in [3.63, 3.8) is 0 Å². The number of hydrogen-bond acceptors (Lipinski definition) is 6. The summed E-state index contributed by atoms with van der Waals surface area (Å²) in [5.74, 6) is 0.480. The minimum absolute atomic E-state index is 0.323. The van der Waals surface area contributed by atoms with Crippen LogP contribution in [0, 0.1) is 0 Å². The summed E-state index contributed by atoms with van der Waals surface area (Å²) in [6.45, 7) is 2.10. The molecule has 0 atom stereocenters. The lowest BCUT2D eigenvalue weighted by Crippen LogP contribution is -2.04.